The van der Waals surface area contributed by atoms with Crippen LogP contribution in [0.1, 0.15) is 5.56 Å². The zero-order chi connectivity index (χ0) is 20.8. The predicted octanol–water partition coefficient (Wildman–Crippen LogP) is 2.23. The molecule has 1 heterocycles. The van der Waals surface area contributed by atoms with Crippen molar-refractivity contribution in [2.24, 2.45) is 5.73 Å². The number of para-hydroxylation sites is 2. The molecule has 9 heteroatoms. The van der Waals surface area contributed by atoms with Crippen molar-refractivity contribution in [1.82, 2.24) is 4.90 Å². The highest BCUT2D eigenvalue weighted by molar-refractivity contribution is 8.18. The molecular formula is C20H17N3O5S. The molecule has 0 aromatic heterocycles. The molecule has 2 aromatic rings. The molecular weight excluding hydrogens is 394 g/mol. The number of nitrogens with two attached hydrogens (primary N) is 1. The smallest absolute Gasteiger partial charge is 0.294 e. The van der Waals surface area contributed by atoms with Gasteiger partial charge in [0, 0.05) is 11.3 Å². The molecule has 0 radical (unpaired) electrons. The van der Waals surface area contributed by atoms with Gasteiger partial charge in [0.05, 0.1) is 4.91 Å². The Morgan fingerprint density at radius 2 is 1.76 bits per heavy atom. The summed E-state index contributed by atoms with van der Waals surface area (Å²) in [6.45, 7) is -0.706. The third-order valence-electron chi connectivity index (χ3n) is 3.81. The standard InChI is InChI=1S/C20H17N3O5S/c21-17(24)12-28-15-9-5-4-6-13(15)10-16-19(26)23(20(27)29-16)11-18(25)22-14-7-2-1-3-8-14/h1-10H,11-12H2,(H2,21,24)(H,22,25)/b16-10+. The topological polar surface area (TPSA) is 119 Å². The summed E-state index contributed by atoms with van der Waals surface area (Å²) in [5.41, 5.74) is 6.16. The lowest BCUT2D eigenvalue weighted by Gasteiger charge is -2.12. The third kappa shape index (κ3) is 5.23. The first-order chi connectivity index (χ1) is 13.9. The molecule has 1 aliphatic heterocycles. The van der Waals surface area contributed by atoms with Gasteiger partial charge in [0.15, 0.2) is 6.61 Å². The lowest BCUT2D eigenvalue weighted by atomic mass is 10.2. The Balaban J connectivity index is 1.72. The quantitative estimate of drug-likeness (QED) is 0.675. The predicted molar refractivity (Wildman–Crippen MR) is 109 cm³/mol. The largest absolute Gasteiger partial charge is 0.483 e. The molecule has 0 aliphatic carbocycles. The second kappa shape index (κ2) is 9.07. The van der Waals surface area contributed by atoms with Crippen molar-refractivity contribution < 1.29 is 23.9 Å². The van der Waals surface area contributed by atoms with Crippen LogP contribution in [0.3, 0.4) is 0 Å². The van der Waals surface area contributed by atoms with Crippen LogP contribution >= 0.6 is 11.8 Å². The highest BCUT2D eigenvalue weighted by atomic mass is 32.2. The second-order valence-corrected chi connectivity index (χ2v) is 6.97. The summed E-state index contributed by atoms with van der Waals surface area (Å²) >= 11 is 0.729. The number of imide groups is 1. The van der Waals surface area contributed by atoms with Gasteiger partial charge in [-0.1, -0.05) is 36.4 Å². The molecule has 0 atom stereocenters. The molecule has 0 saturated carbocycles. The van der Waals surface area contributed by atoms with Crippen molar-refractivity contribution in [3.8, 4) is 5.75 Å². The number of nitrogens with one attached hydrogen (secondary N) is 1. The van der Waals surface area contributed by atoms with Gasteiger partial charge in [-0.15, -0.1) is 0 Å². The fraction of sp³-hybridized carbons (Fsp3) is 0.100. The van der Waals surface area contributed by atoms with Gasteiger partial charge in [0.25, 0.3) is 17.1 Å². The Kier molecular flexibility index (Phi) is 6.30. The maximum absolute atomic E-state index is 12.6. The zero-order valence-corrected chi connectivity index (χ0v) is 16.0. The van der Waals surface area contributed by atoms with Gasteiger partial charge < -0.3 is 15.8 Å². The molecule has 29 heavy (non-hydrogen) atoms. The average Bonchev–Trinajstić information content (AvgIpc) is 2.95. The maximum Gasteiger partial charge on any atom is 0.294 e. The lowest BCUT2D eigenvalue weighted by molar-refractivity contribution is -0.127. The maximum atomic E-state index is 12.6. The summed E-state index contributed by atoms with van der Waals surface area (Å²) in [5, 5.41) is 2.09. The molecule has 148 valence electrons. The molecule has 8 nitrogen and oxygen atoms in total. The van der Waals surface area contributed by atoms with E-state index >= 15 is 0 Å². The number of hydrogen-bond donors (Lipinski definition) is 2. The van der Waals surface area contributed by atoms with E-state index < -0.39 is 29.5 Å². The van der Waals surface area contributed by atoms with Gasteiger partial charge in [-0.2, -0.15) is 0 Å². The minimum Gasteiger partial charge on any atom is -0.483 e. The summed E-state index contributed by atoms with van der Waals surface area (Å²) in [7, 11) is 0. The van der Waals surface area contributed by atoms with E-state index in [1.54, 1.807) is 48.5 Å². The minimum absolute atomic E-state index is 0.151. The molecule has 1 fully saturated rings. The number of primary amides is 1. The van der Waals surface area contributed by atoms with Crippen LogP contribution in [-0.2, 0) is 14.4 Å². The van der Waals surface area contributed by atoms with E-state index in [1.165, 1.54) is 6.08 Å². The molecule has 4 amide bonds. The van der Waals surface area contributed by atoms with Crippen LogP contribution in [0.25, 0.3) is 6.08 Å². The molecule has 0 unspecified atom stereocenters. The number of thioether (sulfide) groups is 1. The van der Waals surface area contributed by atoms with Crippen LogP contribution < -0.4 is 15.8 Å². The number of ether oxygens (including phenoxy) is 1. The van der Waals surface area contributed by atoms with Crippen LogP contribution in [-0.4, -0.2) is 41.0 Å². The van der Waals surface area contributed by atoms with Crippen molar-refractivity contribution >= 4 is 46.5 Å². The van der Waals surface area contributed by atoms with E-state index in [1.807, 2.05) is 6.07 Å². The molecule has 1 aliphatic rings. The van der Waals surface area contributed by atoms with Crippen LogP contribution in [0.4, 0.5) is 10.5 Å². The molecule has 3 rings (SSSR count). The third-order valence-corrected chi connectivity index (χ3v) is 4.72. The van der Waals surface area contributed by atoms with E-state index in [4.69, 9.17) is 10.5 Å². The van der Waals surface area contributed by atoms with E-state index in [0.717, 1.165) is 16.7 Å². The lowest BCUT2D eigenvalue weighted by Crippen LogP contribution is -2.36. The van der Waals surface area contributed by atoms with Crippen LogP contribution in [0.5, 0.6) is 5.75 Å². The number of anilines is 1. The van der Waals surface area contributed by atoms with Gasteiger partial charge in [0.1, 0.15) is 12.3 Å². The number of carbonyl (C=O) groups excluding carboxylic acids is 4. The van der Waals surface area contributed by atoms with Gasteiger partial charge in [-0.05, 0) is 36.0 Å². The summed E-state index contributed by atoms with van der Waals surface area (Å²) in [4.78, 5) is 49.0. The number of benzene rings is 2. The Labute approximate surface area is 170 Å². The van der Waals surface area contributed by atoms with Crippen LogP contribution in [0.2, 0.25) is 0 Å². The average molecular weight is 411 g/mol. The Bertz CT molecular complexity index is 991. The summed E-state index contributed by atoms with van der Waals surface area (Å²) in [6.07, 6.45) is 1.48. The summed E-state index contributed by atoms with van der Waals surface area (Å²) in [6, 6.07) is 15.4. The monoisotopic (exact) mass is 411 g/mol. The van der Waals surface area contributed by atoms with E-state index in [2.05, 4.69) is 5.32 Å². The number of rotatable bonds is 7. The van der Waals surface area contributed by atoms with E-state index in [0.29, 0.717) is 17.0 Å². The number of nitrogens with zero attached hydrogens (tertiary/aromatic N) is 1. The van der Waals surface area contributed by atoms with Crippen molar-refractivity contribution in [1.29, 1.82) is 0 Å². The Morgan fingerprint density at radius 3 is 2.48 bits per heavy atom. The zero-order valence-electron chi connectivity index (χ0n) is 15.2. The van der Waals surface area contributed by atoms with Gasteiger partial charge in [0.2, 0.25) is 5.91 Å². The molecule has 3 N–H and O–H groups in total. The summed E-state index contributed by atoms with van der Waals surface area (Å²) < 4.78 is 5.33. The summed E-state index contributed by atoms with van der Waals surface area (Å²) in [5.74, 6) is -1.35. The second-order valence-electron chi connectivity index (χ2n) is 5.97. The number of hydrogen-bond acceptors (Lipinski definition) is 6. The van der Waals surface area contributed by atoms with Crippen molar-refractivity contribution in [3.05, 3.63) is 65.1 Å². The van der Waals surface area contributed by atoms with E-state index in [9.17, 15) is 19.2 Å². The van der Waals surface area contributed by atoms with Crippen LogP contribution in [0.15, 0.2) is 59.5 Å². The highest BCUT2D eigenvalue weighted by Gasteiger charge is 2.36. The number of carbonyl (C=O) groups is 4. The van der Waals surface area contributed by atoms with Gasteiger partial charge in [-0.3, -0.25) is 24.1 Å². The highest BCUT2D eigenvalue weighted by Crippen LogP contribution is 2.33. The first-order valence-electron chi connectivity index (χ1n) is 8.54. The van der Waals surface area contributed by atoms with E-state index in [-0.39, 0.29) is 11.5 Å². The van der Waals surface area contributed by atoms with Crippen molar-refractivity contribution in [2.45, 2.75) is 0 Å². The fourth-order valence-corrected chi connectivity index (χ4v) is 3.35. The minimum atomic E-state index is -0.635. The first kappa shape index (κ1) is 20.2. The SMILES string of the molecule is NC(=O)COc1ccccc1/C=C1/SC(=O)N(CC(=O)Nc2ccccc2)C1=O. The van der Waals surface area contributed by atoms with Gasteiger partial charge in [-0.25, -0.2) is 0 Å². The van der Waals surface area contributed by atoms with Gasteiger partial charge >= 0.3 is 0 Å². The molecule has 2 aromatic carbocycles. The normalized spacial score (nSPS) is 14.9. The van der Waals surface area contributed by atoms with Crippen molar-refractivity contribution in [3.63, 3.8) is 0 Å². The Morgan fingerprint density at radius 1 is 1.07 bits per heavy atom. The Hall–Kier alpha value is -3.59. The fourth-order valence-electron chi connectivity index (χ4n) is 2.52. The number of amides is 4. The van der Waals surface area contributed by atoms with Crippen LogP contribution in [0, 0.1) is 0 Å². The molecule has 1 saturated heterocycles. The molecule has 0 bridgehead atoms. The first-order valence-corrected chi connectivity index (χ1v) is 9.36. The molecule has 0 spiro atoms. The van der Waals surface area contributed by atoms with Crippen molar-refractivity contribution in [2.75, 3.05) is 18.5 Å².